The van der Waals surface area contributed by atoms with E-state index in [1.54, 1.807) is 0 Å². The van der Waals surface area contributed by atoms with Gasteiger partial charge in [-0.3, -0.25) is 4.79 Å². The van der Waals surface area contributed by atoms with Crippen molar-refractivity contribution in [2.24, 2.45) is 0 Å². The Morgan fingerprint density at radius 1 is 1.15 bits per heavy atom. The smallest absolute Gasteiger partial charge is 0.251 e. The van der Waals surface area contributed by atoms with Gasteiger partial charge in [-0.25, -0.2) is 9.97 Å². The summed E-state index contributed by atoms with van der Waals surface area (Å²) in [6, 6.07) is 9.96. The number of carbonyl (C=O) groups is 1. The Morgan fingerprint density at radius 3 is 2.73 bits per heavy atom. The van der Waals surface area contributed by atoms with Gasteiger partial charge in [0.1, 0.15) is 11.6 Å². The van der Waals surface area contributed by atoms with E-state index in [1.807, 2.05) is 50.4 Å². The highest BCUT2D eigenvalue weighted by molar-refractivity contribution is 5.98. The van der Waals surface area contributed by atoms with E-state index in [-0.39, 0.29) is 11.9 Å². The highest BCUT2D eigenvalue weighted by atomic mass is 16.1. The fourth-order valence-corrected chi connectivity index (χ4v) is 3.58. The first-order valence-electron chi connectivity index (χ1n) is 9.04. The quantitative estimate of drug-likeness (QED) is 0.762. The molecule has 134 valence electrons. The SMILES string of the molecule is Cc1cc(N2CCC(NC(=O)c3ccc4[nH]ccc4c3)CC2)nc(C)n1. The lowest BCUT2D eigenvalue weighted by molar-refractivity contribution is 0.0931. The number of H-pyrrole nitrogens is 1. The number of nitrogens with zero attached hydrogens (tertiary/aromatic N) is 3. The van der Waals surface area contributed by atoms with Crippen molar-refractivity contribution in [3.05, 3.63) is 53.6 Å². The summed E-state index contributed by atoms with van der Waals surface area (Å²) in [5, 5.41) is 4.24. The molecule has 6 heteroatoms. The summed E-state index contributed by atoms with van der Waals surface area (Å²) < 4.78 is 0. The molecule has 0 atom stereocenters. The van der Waals surface area contributed by atoms with E-state index in [9.17, 15) is 4.79 Å². The Balaban J connectivity index is 1.38. The molecule has 1 fully saturated rings. The summed E-state index contributed by atoms with van der Waals surface area (Å²) in [6.45, 7) is 5.69. The van der Waals surface area contributed by atoms with Gasteiger partial charge in [0.15, 0.2) is 0 Å². The number of fused-ring (bicyclic) bond motifs is 1. The number of anilines is 1. The van der Waals surface area contributed by atoms with Crippen LogP contribution in [0, 0.1) is 13.8 Å². The van der Waals surface area contributed by atoms with Crippen molar-refractivity contribution in [2.45, 2.75) is 32.7 Å². The average molecular weight is 349 g/mol. The highest BCUT2D eigenvalue weighted by Crippen LogP contribution is 2.20. The molecule has 6 nitrogen and oxygen atoms in total. The lowest BCUT2D eigenvalue weighted by Gasteiger charge is -2.33. The summed E-state index contributed by atoms with van der Waals surface area (Å²) in [4.78, 5) is 26.9. The first-order chi connectivity index (χ1) is 12.6. The van der Waals surface area contributed by atoms with Gasteiger partial charge in [0.2, 0.25) is 0 Å². The second-order valence-corrected chi connectivity index (χ2v) is 6.93. The number of aromatic nitrogens is 3. The minimum absolute atomic E-state index is 0.000255. The van der Waals surface area contributed by atoms with Crippen molar-refractivity contribution in [2.75, 3.05) is 18.0 Å². The maximum Gasteiger partial charge on any atom is 0.251 e. The summed E-state index contributed by atoms with van der Waals surface area (Å²) >= 11 is 0. The predicted octanol–water partition coefficient (Wildman–Crippen LogP) is 2.97. The van der Waals surface area contributed by atoms with Crippen molar-refractivity contribution >= 4 is 22.6 Å². The Bertz CT molecular complexity index is 920. The number of piperidine rings is 1. The Labute approximate surface area is 152 Å². The van der Waals surface area contributed by atoms with Crippen molar-refractivity contribution < 1.29 is 4.79 Å². The van der Waals surface area contributed by atoms with Gasteiger partial charge in [-0.1, -0.05) is 0 Å². The van der Waals surface area contributed by atoms with Crippen LogP contribution >= 0.6 is 0 Å². The normalized spacial score (nSPS) is 15.4. The molecule has 2 aromatic heterocycles. The topological polar surface area (TPSA) is 73.9 Å². The lowest BCUT2D eigenvalue weighted by Crippen LogP contribution is -2.45. The first-order valence-corrected chi connectivity index (χ1v) is 9.04. The maximum absolute atomic E-state index is 12.6. The molecule has 1 aromatic carbocycles. The fourth-order valence-electron chi connectivity index (χ4n) is 3.58. The summed E-state index contributed by atoms with van der Waals surface area (Å²) in [7, 11) is 0. The van der Waals surface area contributed by atoms with Crippen LogP contribution in [0.25, 0.3) is 10.9 Å². The van der Waals surface area contributed by atoms with E-state index in [1.165, 1.54) is 0 Å². The van der Waals surface area contributed by atoms with Crippen LogP contribution in [0.4, 0.5) is 5.82 Å². The standard InChI is InChI=1S/C20H23N5O/c1-13-11-19(23-14(2)22-13)25-9-6-17(7-10-25)24-20(26)16-3-4-18-15(12-16)5-8-21-18/h3-5,8,11-12,17,21H,6-7,9-10H2,1-2H3,(H,24,26). The summed E-state index contributed by atoms with van der Waals surface area (Å²) in [6.07, 6.45) is 3.72. The third-order valence-corrected chi connectivity index (χ3v) is 4.92. The molecule has 3 aromatic rings. The van der Waals surface area contributed by atoms with Crippen molar-refractivity contribution in [3.63, 3.8) is 0 Å². The number of benzene rings is 1. The van der Waals surface area contributed by atoms with Crippen LogP contribution in [-0.2, 0) is 0 Å². The third kappa shape index (κ3) is 3.40. The average Bonchev–Trinajstić information content (AvgIpc) is 3.09. The number of aromatic amines is 1. The Morgan fingerprint density at radius 2 is 1.96 bits per heavy atom. The van der Waals surface area contributed by atoms with E-state index in [0.717, 1.165) is 54.2 Å². The molecule has 2 N–H and O–H groups in total. The van der Waals surface area contributed by atoms with Crippen LogP contribution in [0.5, 0.6) is 0 Å². The van der Waals surface area contributed by atoms with E-state index in [4.69, 9.17) is 0 Å². The summed E-state index contributed by atoms with van der Waals surface area (Å²) in [5.41, 5.74) is 2.75. The Kier molecular flexibility index (Phi) is 4.32. The largest absolute Gasteiger partial charge is 0.361 e. The number of carbonyl (C=O) groups excluding carboxylic acids is 1. The highest BCUT2D eigenvalue weighted by Gasteiger charge is 2.22. The molecule has 0 aliphatic carbocycles. The van der Waals surface area contributed by atoms with Crippen LogP contribution in [0.1, 0.15) is 34.7 Å². The number of rotatable bonds is 3. The minimum Gasteiger partial charge on any atom is -0.361 e. The van der Waals surface area contributed by atoms with Gasteiger partial charge in [0, 0.05) is 53.6 Å². The molecule has 1 aliphatic rings. The van der Waals surface area contributed by atoms with E-state index >= 15 is 0 Å². The molecule has 0 saturated carbocycles. The predicted molar refractivity (Wildman–Crippen MR) is 103 cm³/mol. The van der Waals surface area contributed by atoms with E-state index in [2.05, 4.69) is 25.2 Å². The molecule has 26 heavy (non-hydrogen) atoms. The van der Waals surface area contributed by atoms with Crippen molar-refractivity contribution in [3.8, 4) is 0 Å². The minimum atomic E-state index is 0.000255. The second kappa shape index (κ2) is 6.78. The maximum atomic E-state index is 12.6. The molecule has 1 amide bonds. The number of aryl methyl sites for hydroxylation is 2. The third-order valence-electron chi connectivity index (χ3n) is 4.92. The molecule has 1 saturated heterocycles. The zero-order valence-corrected chi connectivity index (χ0v) is 15.1. The van der Waals surface area contributed by atoms with E-state index in [0.29, 0.717) is 5.56 Å². The van der Waals surface area contributed by atoms with Gasteiger partial charge >= 0.3 is 0 Å². The number of amides is 1. The van der Waals surface area contributed by atoms with Crippen LogP contribution in [-0.4, -0.2) is 40.0 Å². The zero-order chi connectivity index (χ0) is 18.1. The van der Waals surface area contributed by atoms with E-state index < -0.39 is 0 Å². The van der Waals surface area contributed by atoms with Gasteiger partial charge < -0.3 is 15.2 Å². The van der Waals surface area contributed by atoms with Crippen LogP contribution in [0.2, 0.25) is 0 Å². The monoisotopic (exact) mass is 349 g/mol. The van der Waals surface area contributed by atoms with Gasteiger partial charge in [-0.05, 0) is 51.0 Å². The van der Waals surface area contributed by atoms with Gasteiger partial charge in [0.05, 0.1) is 0 Å². The molecule has 3 heterocycles. The number of hydrogen-bond acceptors (Lipinski definition) is 4. The van der Waals surface area contributed by atoms with Gasteiger partial charge in [0.25, 0.3) is 5.91 Å². The molecule has 1 aliphatic heterocycles. The lowest BCUT2D eigenvalue weighted by atomic mass is 10.0. The van der Waals surface area contributed by atoms with Crippen LogP contribution < -0.4 is 10.2 Å². The second-order valence-electron chi connectivity index (χ2n) is 6.93. The molecule has 0 bridgehead atoms. The number of hydrogen-bond donors (Lipinski definition) is 2. The zero-order valence-electron chi connectivity index (χ0n) is 15.1. The van der Waals surface area contributed by atoms with Gasteiger partial charge in [-0.15, -0.1) is 0 Å². The Hall–Kier alpha value is -2.89. The first kappa shape index (κ1) is 16.6. The fraction of sp³-hybridized carbons (Fsp3) is 0.350. The van der Waals surface area contributed by atoms with Crippen molar-refractivity contribution in [1.29, 1.82) is 0 Å². The molecule has 0 spiro atoms. The molecular formula is C20H23N5O. The molecule has 4 rings (SSSR count). The van der Waals surface area contributed by atoms with Gasteiger partial charge in [-0.2, -0.15) is 0 Å². The van der Waals surface area contributed by atoms with Crippen LogP contribution in [0.3, 0.4) is 0 Å². The molecule has 0 unspecified atom stereocenters. The van der Waals surface area contributed by atoms with Crippen LogP contribution in [0.15, 0.2) is 36.5 Å². The molecule has 0 radical (unpaired) electrons. The summed E-state index contributed by atoms with van der Waals surface area (Å²) in [5.74, 6) is 1.79. The number of nitrogens with one attached hydrogen (secondary N) is 2. The molecular weight excluding hydrogens is 326 g/mol. The van der Waals surface area contributed by atoms with Crippen molar-refractivity contribution in [1.82, 2.24) is 20.3 Å².